The highest BCUT2D eigenvalue weighted by atomic mass is 35.5. The number of aromatic nitrogens is 2. The van der Waals surface area contributed by atoms with Crippen LogP contribution in [0.15, 0.2) is 71.9 Å². The Morgan fingerprint density at radius 3 is 2.40 bits per heavy atom. The number of anilines is 2. The summed E-state index contributed by atoms with van der Waals surface area (Å²) in [5, 5.41) is 3.64. The van der Waals surface area contributed by atoms with E-state index in [1.54, 1.807) is 24.5 Å². The van der Waals surface area contributed by atoms with Crippen LogP contribution in [0, 0.1) is 0 Å². The number of hydrogen-bond donors (Lipinski definition) is 2. The lowest BCUT2D eigenvalue weighted by atomic mass is 10.3. The molecule has 1 aromatic carbocycles. The second-order valence-corrected chi connectivity index (χ2v) is 7.28. The van der Waals surface area contributed by atoms with E-state index in [0.29, 0.717) is 11.6 Å². The molecule has 0 aliphatic carbocycles. The average Bonchev–Trinajstić information content (AvgIpc) is 2.62. The summed E-state index contributed by atoms with van der Waals surface area (Å²) in [7, 11) is -3.70. The number of sulfonamides is 1. The Hall–Kier alpha value is -2.64. The van der Waals surface area contributed by atoms with Gasteiger partial charge in [0.2, 0.25) is 0 Å². The molecule has 0 aliphatic rings. The zero-order chi connectivity index (χ0) is 17.7. The fourth-order valence-electron chi connectivity index (χ4n) is 2.06. The van der Waals surface area contributed by atoms with Gasteiger partial charge in [0.05, 0.1) is 29.0 Å². The highest BCUT2D eigenvalue weighted by molar-refractivity contribution is 7.92. The molecule has 0 saturated carbocycles. The van der Waals surface area contributed by atoms with Gasteiger partial charge in [-0.25, -0.2) is 13.4 Å². The molecule has 2 aromatic heterocycles. The van der Waals surface area contributed by atoms with E-state index in [4.69, 9.17) is 11.6 Å². The molecule has 0 spiro atoms. The molecule has 0 unspecified atom stereocenters. The summed E-state index contributed by atoms with van der Waals surface area (Å²) >= 11 is 5.77. The third kappa shape index (κ3) is 4.68. The Balaban J connectivity index is 1.65. The van der Waals surface area contributed by atoms with E-state index in [-0.39, 0.29) is 10.7 Å². The predicted octanol–water partition coefficient (Wildman–Crippen LogP) is 3.54. The van der Waals surface area contributed by atoms with Crippen molar-refractivity contribution in [1.29, 1.82) is 0 Å². The molecule has 25 heavy (non-hydrogen) atoms. The van der Waals surface area contributed by atoms with E-state index in [1.807, 2.05) is 18.2 Å². The molecular formula is C17H15ClN4O2S. The number of pyridine rings is 2. The number of nitrogens with one attached hydrogen (secondary N) is 2. The summed E-state index contributed by atoms with van der Waals surface area (Å²) in [6.07, 6.45) is 3.28. The van der Waals surface area contributed by atoms with Crippen LogP contribution in [0.1, 0.15) is 5.69 Å². The molecule has 3 aromatic rings. The average molecular weight is 375 g/mol. The normalized spacial score (nSPS) is 11.1. The largest absolute Gasteiger partial charge is 0.378 e. The molecule has 0 radical (unpaired) electrons. The Morgan fingerprint density at radius 2 is 1.76 bits per heavy atom. The first-order valence-corrected chi connectivity index (χ1v) is 9.27. The first-order chi connectivity index (χ1) is 12.0. The van der Waals surface area contributed by atoms with E-state index >= 15 is 0 Å². The van der Waals surface area contributed by atoms with Crippen molar-refractivity contribution in [2.75, 3.05) is 10.0 Å². The van der Waals surface area contributed by atoms with Crippen LogP contribution < -0.4 is 10.0 Å². The maximum absolute atomic E-state index is 12.3. The van der Waals surface area contributed by atoms with Gasteiger partial charge in [0.1, 0.15) is 5.82 Å². The first-order valence-electron chi connectivity index (χ1n) is 7.41. The van der Waals surface area contributed by atoms with E-state index < -0.39 is 10.0 Å². The van der Waals surface area contributed by atoms with Gasteiger partial charge >= 0.3 is 0 Å². The summed E-state index contributed by atoms with van der Waals surface area (Å²) in [5.41, 5.74) is 1.66. The highest BCUT2D eigenvalue weighted by Crippen LogP contribution is 2.18. The molecule has 2 heterocycles. The van der Waals surface area contributed by atoms with Crippen molar-refractivity contribution >= 4 is 33.1 Å². The molecule has 0 fully saturated rings. The third-order valence-electron chi connectivity index (χ3n) is 3.33. The summed E-state index contributed by atoms with van der Waals surface area (Å²) in [6, 6.07) is 14.9. The maximum atomic E-state index is 12.3. The number of halogens is 1. The van der Waals surface area contributed by atoms with E-state index in [1.165, 1.54) is 24.3 Å². The molecule has 0 bridgehead atoms. The van der Waals surface area contributed by atoms with Crippen LogP contribution in [0.3, 0.4) is 0 Å². The second kappa shape index (κ2) is 7.50. The lowest BCUT2D eigenvalue weighted by Crippen LogP contribution is -2.13. The molecule has 2 N–H and O–H groups in total. The van der Waals surface area contributed by atoms with Crippen LogP contribution in [-0.4, -0.2) is 18.4 Å². The van der Waals surface area contributed by atoms with Crippen LogP contribution in [0.5, 0.6) is 0 Å². The lowest BCUT2D eigenvalue weighted by Gasteiger charge is -2.09. The maximum Gasteiger partial charge on any atom is 0.263 e. The minimum Gasteiger partial charge on any atom is -0.378 e. The summed E-state index contributed by atoms with van der Waals surface area (Å²) in [6.45, 7) is 0.554. The molecule has 0 amide bonds. The number of hydrogen-bond acceptors (Lipinski definition) is 5. The van der Waals surface area contributed by atoms with Gasteiger partial charge in [0.15, 0.2) is 0 Å². The van der Waals surface area contributed by atoms with Gasteiger partial charge in [-0.3, -0.25) is 9.71 Å². The van der Waals surface area contributed by atoms with Gasteiger partial charge in [-0.15, -0.1) is 0 Å². The molecule has 0 atom stereocenters. The van der Waals surface area contributed by atoms with Gasteiger partial charge in [-0.1, -0.05) is 17.7 Å². The quantitative estimate of drug-likeness (QED) is 0.689. The minimum atomic E-state index is -3.70. The number of nitrogens with zero attached hydrogens (tertiary/aromatic N) is 2. The predicted molar refractivity (Wildman–Crippen MR) is 98.1 cm³/mol. The Labute approximate surface area is 151 Å². The fraction of sp³-hybridized carbons (Fsp3) is 0.0588. The van der Waals surface area contributed by atoms with Crippen molar-refractivity contribution in [3.63, 3.8) is 0 Å². The van der Waals surface area contributed by atoms with Crippen LogP contribution in [0.25, 0.3) is 0 Å². The van der Waals surface area contributed by atoms with Crippen molar-refractivity contribution in [2.24, 2.45) is 0 Å². The summed E-state index contributed by atoms with van der Waals surface area (Å²) in [4.78, 5) is 8.46. The third-order valence-corrected chi connectivity index (χ3v) is 4.95. The smallest absolute Gasteiger partial charge is 0.263 e. The molecule has 0 aliphatic heterocycles. The topological polar surface area (TPSA) is 84.0 Å². The molecule has 3 rings (SSSR count). The van der Waals surface area contributed by atoms with Crippen molar-refractivity contribution < 1.29 is 8.42 Å². The van der Waals surface area contributed by atoms with Gasteiger partial charge in [-0.05, 0) is 48.5 Å². The van der Waals surface area contributed by atoms with Crippen LogP contribution in [0.4, 0.5) is 11.5 Å². The zero-order valence-corrected chi connectivity index (χ0v) is 14.6. The Kier molecular flexibility index (Phi) is 5.16. The molecule has 0 saturated heterocycles. The summed E-state index contributed by atoms with van der Waals surface area (Å²) < 4.78 is 27.0. The van der Waals surface area contributed by atoms with E-state index in [2.05, 4.69) is 20.0 Å². The lowest BCUT2D eigenvalue weighted by molar-refractivity contribution is 0.601. The van der Waals surface area contributed by atoms with Crippen LogP contribution in [0.2, 0.25) is 5.02 Å². The Bertz CT molecular complexity index is 931. The van der Waals surface area contributed by atoms with Crippen molar-refractivity contribution in [3.8, 4) is 0 Å². The molecule has 6 nitrogen and oxygen atoms in total. The Morgan fingerprint density at radius 1 is 0.960 bits per heavy atom. The van der Waals surface area contributed by atoms with Crippen LogP contribution in [-0.2, 0) is 16.6 Å². The standard InChI is InChI=1S/C17H15ClN4O2S/c18-13-4-7-16(8-5-13)25(23,24)22-17-9-6-15(12-21-17)20-11-14-3-1-2-10-19-14/h1-10,12,20H,11H2,(H,21,22). The van der Waals surface area contributed by atoms with Crippen molar-refractivity contribution in [3.05, 3.63) is 77.7 Å². The van der Waals surface area contributed by atoms with Gasteiger partial charge < -0.3 is 5.32 Å². The fourth-order valence-corrected chi connectivity index (χ4v) is 3.20. The summed E-state index contributed by atoms with van der Waals surface area (Å²) in [5.74, 6) is 0.235. The SMILES string of the molecule is O=S(=O)(Nc1ccc(NCc2ccccn2)cn1)c1ccc(Cl)cc1. The van der Waals surface area contributed by atoms with Gasteiger partial charge in [0, 0.05) is 11.2 Å². The second-order valence-electron chi connectivity index (χ2n) is 5.17. The zero-order valence-electron chi connectivity index (χ0n) is 13.1. The highest BCUT2D eigenvalue weighted by Gasteiger charge is 2.14. The molecule has 128 valence electrons. The van der Waals surface area contributed by atoms with Crippen molar-refractivity contribution in [2.45, 2.75) is 11.4 Å². The van der Waals surface area contributed by atoms with Gasteiger partial charge in [0.25, 0.3) is 10.0 Å². The van der Waals surface area contributed by atoms with Crippen LogP contribution >= 0.6 is 11.6 Å². The number of benzene rings is 1. The molecule has 8 heteroatoms. The van der Waals surface area contributed by atoms with E-state index in [0.717, 1.165) is 11.4 Å². The monoisotopic (exact) mass is 374 g/mol. The minimum absolute atomic E-state index is 0.121. The van der Waals surface area contributed by atoms with Crippen molar-refractivity contribution in [1.82, 2.24) is 9.97 Å². The molecular weight excluding hydrogens is 360 g/mol. The number of rotatable bonds is 6. The first kappa shape index (κ1) is 17.2. The van der Waals surface area contributed by atoms with Gasteiger partial charge in [-0.2, -0.15) is 0 Å². The van der Waals surface area contributed by atoms with E-state index in [9.17, 15) is 8.42 Å².